The third kappa shape index (κ3) is 4.34. The number of hydrogen-bond acceptors (Lipinski definition) is 5. The van der Waals surface area contributed by atoms with Gasteiger partial charge >= 0.3 is 0 Å². The van der Waals surface area contributed by atoms with Crippen LogP contribution >= 0.6 is 0 Å². The van der Waals surface area contributed by atoms with Crippen molar-refractivity contribution >= 4 is 5.69 Å². The summed E-state index contributed by atoms with van der Waals surface area (Å²) in [5.41, 5.74) is 0.0583. The Morgan fingerprint density at radius 2 is 1.62 bits per heavy atom. The summed E-state index contributed by atoms with van der Waals surface area (Å²) in [7, 11) is 2.11. The molecule has 5 nitrogen and oxygen atoms in total. The third-order valence-electron chi connectivity index (χ3n) is 4.70. The highest BCUT2D eigenvalue weighted by molar-refractivity contribution is 5.52. The molecule has 24 heavy (non-hydrogen) atoms. The van der Waals surface area contributed by atoms with Gasteiger partial charge in [0.15, 0.2) is 11.6 Å². The Morgan fingerprint density at radius 1 is 1.00 bits per heavy atom. The topological polar surface area (TPSA) is 31.0 Å². The van der Waals surface area contributed by atoms with Crippen molar-refractivity contribution in [3.8, 4) is 5.75 Å². The van der Waals surface area contributed by atoms with Crippen molar-refractivity contribution in [3.63, 3.8) is 0 Å². The van der Waals surface area contributed by atoms with Crippen molar-refractivity contribution in [2.24, 2.45) is 0 Å². The van der Waals surface area contributed by atoms with Gasteiger partial charge in [0, 0.05) is 71.0 Å². The molecule has 0 amide bonds. The number of nitrogens with zero attached hydrogens (tertiary/aromatic N) is 3. The first kappa shape index (κ1) is 17.4. The Labute approximate surface area is 142 Å². The fourth-order valence-corrected chi connectivity index (χ4v) is 3.18. The summed E-state index contributed by atoms with van der Waals surface area (Å²) in [5.74, 6) is -0.837. The molecule has 0 unspecified atom stereocenters. The van der Waals surface area contributed by atoms with E-state index in [-0.39, 0.29) is 11.4 Å². The fraction of sp³-hybridized carbons (Fsp3) is 0.647. The molecule has 2 heterocycles. The quantitative estimate of drug-likeness (QED) is 0.864. The predicted molar refractivity (Wildman–Crippen MR) is 90.9 cm³/mol. The van der Waals surface area contributed by atoms with E-state index < -0.39 is 11.6 Å². The summed E-state index contributed by atoms with van der Waals surface area (Å²) in [5, 5.41) is 3.18. The summed E-state index contributed by atoms with van der Waals surface area (Å²) in [6.07, 6.45) is 0. The van der Waals surface area contributed by atoms with E-state index in [1.54, 1.807) is 4.90 Å². The molecule has 0 bridgehead atoms. The fourth-order valence-electron chi connectivity index (χ4n) is 3.18. The first-order chi connectivity index (χ1) is 11.6. The molecule has 1 aromatic carbocycles. The van der Waals surface area contributed by atoms with Gasteiger partial charge in [-0.15, -0.1) is 0 Å². The van der Waals surface area contributed by atoms with Crippen LogP contribution in [-0.2, 0) is 0 Å². The van der Waals surface area contributed by atoms with E-state index in [4.69, 9.17) is 4.74 Å². The first-order valence-corrected chi connectivity index (χ1v) is 8.62. The van der Waals surface area contributed by atoms with Crippen LogP contribution in [0.1, 0.15) is 0 Å². The number of ether oxygens (including phenoxy) is 1. The molecule has 1 N–H and O–H groups in total. The summed E-state index contributed by atoms with van der Waals surface area (Å²) in [6.45, 7) is 8.01. The third-order valence-corrected chi connectivity index (χ3v) is 4.70. The maximum absolute atomic E-state index is 14.3. The molecular weight excluding hydrogens is 314 g/mol. The Balaban J connectivity index is 1.54. The van der Waals surface area contributed by atoms with Crippen molar-refractivity contribution in [1.29, 1.82) is 0 Å². The average molecular weight is 340 g/mol. The molecule has 0 atom stereocenters. The number of likely N-dealkylation sites (N-methyl/N-ethyl adjacent to an activating group) is 1. The van der Waals surface area contributed by atoms with Crippen LogP contribution in [0.2, 0.25) is 0 Å². The highest BCUT2D eigenvalue weighted by Gasteiger charge is 2.20. The van der Waals surface area contributed by atoms with E-state index in [1.165, 1.54) is 12.1 Å². The number of rotatable bonds is 5. The number of anilines is 1. The summed E-state index contributed by atoms with van der Waals surface area (Å²) in [4.78, 5) is 6.34. The normalized spacial score (nSPS) is 20.4. The van der Waals surface area contributed by atoms with Crippen LogP contribution in [0.15, 0.2) is 12.1 Å². The van der Waals surface area contributed by atoms with Crippen LogP contribution in [-0.4, -0.2) is 82.4 Å². The zero-order valence-corrected chi connectivity index (χ0v) is 14.2. The summed E-state index contributed by atoms with van der Waals surface area (Å²) in [6, 6.07) is 2.59. The monoisotopic (exact) mass is 340 g/mol. The van der Waals surface area contributed by atoms with E-state index >= 15 is 0 Å². The Kier molecular flexibility index (Phi) is 5.86. The van der Waals surface area contributed by atoms with Gasteiger partial charge in [-0.25, -0.2) is 8.78 Å². The van der Waals surface area contributed by atoms with Gasteiger partial charge in [0.05, 0.1) is 0 Å². The number of halogens is 2. The van der Waals surface area contributed by atoms with Crippen molar-refractivity contribution < 1.29 is 13.5 Å². The number of nitrogens with one attached hydrogen (secondary N) is 1. The van der Waals surface area contributed by atoms with Crippen LogP contribution in [0.5, 0.6) is 5.75 Å². The maximum atomic E-state index is 14.3. The Hall–Kier alpha value is -1.44. The van der Waals surface area contributed by atoms with Gasteiger partial charge in [0.1, 0.15) is 18.0 Å². The second kappa shape index (κ2) is 8.09. The number of benzene rings is 1. The molecule has 2 aliphatic heterocycles. The van der Waals surface area contributed by atoms with Gasteiger partial charge in [0.2, 0.25) is 0 Å². The molecule has 0 radical (unpaired) electrons. The van der Waals surface area contributed by atoms with Crippen LogP contribution in [0.3, 0.4) is 0 Å². The predicted octanol–water partition coefficient (Wildman–Crippen LogP) is 1.00. The lowest BCUT2D eigenvalue weighted by Crippen LogP contribution is -2.45. The molecule has 0 spiro atoms. The van der Waals surface area contributed by atoms with Gasteiger partial charge in [0.25, 0.3) is 0 Å². The molecule has 0 saturated carbocycles. The van der Waals surface area contributed by atoms with Crippen molar-refractivity contribution in [3.05, 3.63) is 23.8 Å². The van der Waals surface area contributed by atoms with Crippen molar-refractivity contribution in [2.75, 3.05) is 77.5 Å². The van der Waals surface area contributed by atoms with Crippen molar-refractivity contribution in [2.45, 2.75) is 0 Å². The SMILES string of the molecule is CN1CCN(CCOc2cc(F)c(N3CCNCC3)c(F)c2)CC1. The maximum Gasteiger partial charge on any atom is 0.153 e. The van der Waals surface area contributed by atoms with E-state index in [0.717, 1.165) is 45.8 Å². The minimum atomic E-state index is -0.550. The summed E-state index contributed by atoms with van der Waals surface area (Å²) < 4.78 is 34.2. The van der Waals surface area contributed by atoms with Crippen molar-refractivity contribution in [1.82, 2.24) is 15.1 Å². The smallest absolute Gasteiger partial charge is 0.153 e. The first-order valence-electron chi connectivity index (χ1n) is 8.62. The molecule has 0 aromatic heterocycles. The molecule has 134 valence electrons. The zero-order chi connectivity index (χ0) is 16.9. The molecule has 2 saturated heterocycles. The molecule has 0 aliphatic carbocycles. The van der Waals surface area contributed by atoms with E-state index in [9.17, 15) is 8.78 Å². The van der Waals surface area contributed by atoms with Gasteiger partial charge in [-0.2, -0.15) is 0 Å². The van der Waals surface area contributed by atoms with Crippen LogP contribution < -0.4 is 15.0 Å². The average Bonchev–Trinajstić information content (AvgIpc) is 2.57. The Bertz CT molecular complexity index is 520. The number of piperazine rings is 2. The molecule has 3 rings (SSSR count). The molecule has 2 aliphatic rings. The molecule has 7 heteroatoms. The van der Waals surface area contributed by atoms with Gasteiger partial charge in [-0.05, 0) is 7.05 Å². The highest BCUT2D eigenvalue weighted by atomic mass is 19.1. The molecule has 2 fully saturated rings. The number of hydrogen-bond donors (Lipinski definition) is 1. The lowest BCUT2D eigenvalue weighted by molar-refractivity contribution is 0.133. The van der Waals surface area contributed by atoms with E-state index in [1.807, 2.05) is 0 Å². The lowest BCUT2D eigenvalue weighted by atomic mass is 10.2. The van der Waals surface area contributed by atoms with E-state index in [0.29, 0.717) is 19.7 Å². The van der Waals surface area contributed by atoms with Gasteiger partial charge in [-0.3, -0.25) is 4.90 Å². The largest absolute Gasteiger partial charge is 0.492 e. The molecule has 1 aromatic rings. The van der Waals surface area contributed by atoms with Crippen LogP contribution in [0, 0.1) is 11.6 Å². The minimum absolute atomic E-state index is 0.0583. The van der Waals surface area contributed by atoms with Gasteiger partial charge < -0.3 is 19.9 Å². The van der Waals surface area contributed by atoms with Crippen LogP contribution in [0.4, 0.5) is 14.5 Å². The Morgan fingerprint density at radius 3 is 2.25 bits per heavy atom. The second-order valence-corrected chi connectivity index (χ2v) is 6.47. The standard InChI is InChI=1S/C17H26F2N4O/c1-21-6-8-22(9-7-21)10-11-24-14-12-15(18)17(16(19)13-14)23-4-2-20-3-5-23/h12-13,20H,2-11H2,1H3. The second-order valence-electron chi connectivity index (χ2n) is 6.47. The van der Waals surface area contributed by atoms with Crippen LogP contribution in [0.25, 0.3) is 0 Å². The lowest BCUT2D eigenvalue weighted by Gasteiger charge is -2.32. The molecular formula is C17H26F2N4O. The van der Waals surface area contributed by atoms with Gasteiger partial charge in [-0.1, -0.05) is 0 Å². The minimum Gasteiger partial charge on any atom is -0.492 e. The highest BCUT2D eigenvalue weighted by Crippen LogP contribution is 2.28. The zero-order valence-electron chi connectivity index (χ0n) is 14.2. The summed E-state index contributed by atoms with van der Waals surface area (Å²) >= 11 is 0. The van der Waals surface area contributed by atoms with E-state index in [2.05, 4.69) is 22.2 Å².